The monoisotopic (exact) mass is 420 g/mol. The summed E-state index contributed by atoms with van der Waals surface area (Å²) < 4.78 is 25.1. The van der Waals surface area contributed by atoms with E-state index in [4.69, 9.17) is 18.9 Å². The molecule has 0 saturated carbocycles. The number of methoxy groups -OCH3 is 2. The number of hydrogen-bond donors (Lipinski definition) is 0. The molecule has 0 saturated heterocycles. The summed E-state index contributed by atoms with van der Waals surface area (Å²) >= 11 is 0. The van der Waals surface area contributed by atoms with Crippen LogP contribution in [-0.4, -0.2) is 21.0 Å². The molecule has 2 aliphatic rings. The molecule has 1 aromatic heterocycles. The zero-order chi connectivity index (χ0) is 21.4. The molecule has 0 bridgehead atoms. The van der Waals surface area contributed by atoms with Gasteiger partial charge in [-0.1, -0.05) is 26.2 Å². The van der Waals surface area contributed by atoms with E-state index in [-0.39, 0.29) is 0 Å². The summed E-state index contributed by atoms with van der Waals surface area (Å²) in [6, 6.07) is 11.1. The van der Waals surface area contributed by atoms with Crippen molar-refractivity contribution in [3.8, 4) is 34.3 Å². The van der Waals surface area contributed by atoms with E-state index in [1.807, 2.05) is 6.07 Å². The maximum Gasteiger partial charge on any atom is 0.231 e. The number of nitrogens with zero attached hydrogens (tertiary/aromatic N) is 1. The van der Waals surface area contributed by atoms with E-state index in [2.05, 4.69) is 42.0 Å². The average molecular weight is 421 g/mol. The molecule has 1 atom stereocenters. The zero-order valence-electron chi connectivity index (χ0n) is 18.6. The third kappa shape index (κ3) is 3.46. The quantitative estimate of drug-likeness (QED) is 0.368. The van der Waals surface area contributed by atoms with Gasteiger partial charge >= 0.3 is 0 Å². The first kappa shape index (κ1) is 20.0. The highest BCUT2D eigenvalue weighted by atomic mass is 16.7. The standard InChI is InChI=1S/C26H30NO4/c1-4-5-6-7-8-19-11-18-13-24-25(31-16-30-24)14-20(18)22-12-17-9-10-23(28-2)26(29-3)21(17)15-27(19)22/h9-10,12-15,19H,4-8,11,16H2,1-3H3/q+1. The highest BCUT2D eigenvalue weighted by Gasteiger charge is 2.34. The first-order valence-corrected chi connectivity index (χ1v) is 11.3. The second kappa shape index (κ2) is 8.29. The van der Waals surface area contributed by atoms with Crippen LogP contribution in [0, 0.1) is 0 Å². The topological polar surface area (TPSA) is 40.8 Å². The molecule has 5 nitrogen and oxygen atoms in total. The van der Waals surface area contributed by atoms with Gasteiger partial charge in [-0.3, -0.25) is 0 Å². The summed E-state index contributed by atoms with van der Waals surface area (Å²) in [6.45, 7) is 2.56. The lowest BCUT2D eigenvalue weighted by atomic mass is 9.89. The van der Waals surface area contributed by atoms with Crippen molar-refractivity contribution in [1.82, 2.24) is 0 Å². The summed E-state index contributed by atoms with van der Waals surface area (Å²) in [5.41, 5.74) is 3.79. The van der Waals surface area contributed by atoms with Crippen molar-refractivity contribution in [3.63, 3.8) is 0 Å². The third-order valence-corrected chi connectivity index (χ3v) is 6.57. The van der Waals surface area contributed by atoms with E-state index in [1.54, 1.807) is 14.2 Å². The largest absolute Gasteiger partial charge is 0.493 e. The normalized spacial score (nSPS) is 16.2. The van der Waals surface area contributed by atoms with E-state index >= 15 is 0 Å². The van der Waals surface area contributed by atoms with Crippen LogP contribution in [0.5, 0.6) is 23.0 Å². The molecule has 0 amide bonds. The van der Waals surface area contributed by atoms with Gasteiger partial charge in [-0.05, 0) is 41.6 Å². The van der Waals surface area contributed by atoms with Crippen LogP contribution in [0.4, 0.5) is 0 Å². The molecule has 0 spiro atoms. The molecule has 3 aromatic rings. The summed E-state index contributed by atoms with van der Waals surface area (Å²) in [6.07, 6.45) is 9.46. The Kier molecular flexibility index (Phi) is 5.34. The number of rotatable bonds is 7. The molecule has 0 aliphatic carbocycles. The fourth-order valence-corrected chi connectivity index (χ4v) is 4.97. The van der Waals surface area contributed by atoms with Crippen molar-refractivity contribution in [2.24, 2.45) is 0 Å². The first-order chi connectivity index (χ1) is 15.2. The fraction of sp³-hybridized carbons (Fsp3) is 0.423. The number of fused-ring (bicyclic) bond motifs is 5. The number of hydrogen-bond acceptors (Lipinski definition) is 4. The summed E-state index contributed by atoms with van der Waals surface area (Å²) in [7, 11) is 3.39. The van der Waals surface area contributed by atoms with Crippen LogP contribution in [-0.2, 0) is 6.42 Å². The van der Waals surface area contributed by atoms with Crippen molar-refractivity contribution in [1.29, 1.82) is 0 Å². The molecule has 0 N–H and O–H groups in total. The molecule has 1 unspecified atom stereocenters. The molecule has 3 heterocycles. The Morgan fingerprint density at radius 1 is 1.00 bits per heavy atom. The van der Waals surface area contributed by atoms with Gasteiger partial charge in [-0.25, -0.2) is 0 Å². The Morgan fingerprint density at radius 3 is 2.61 bits per heavy atom. The van der Waals surface area contributed by atoms with Crippen LogP contribution in [0.15, 0.2) is 36.5 Å². The van der Waals surface area contributed by atoms with Crippen LogP contribution in [0.3, 0.4) is 0 Å². The van der Waals surface area contributed by atoms with E-state index in [1.165, 1.54) is 42.5 Å². The fourth-order valence-electron chi connectivity index (χ4n) is 4.97. The minimum absolute atomic E-state index is 0.299. The van der Waals surface area contributed by atoms with E-state index in [0.29, 0.717) is 12.8 Å². The van der Waals surface area contributed by atoms with E-state index < -0.39 is 0 Å². The Balaban J connectivity index is 1.66. The van der Waals surface area contributed by atoms with Gasteiger partial charge < -0.3 is 18.9 Å². The average Bonchev–Trinajstić information content (AvgIpc) is 3.26. The second-order valence-electron chi connectivity index (χ2n) is 8.44. The number of unbranched alkanes of at least 4 members (excludes halogenated alkanes) is 3. The Labute approximate surface area is 183 Å². The number of benzene rings is 2. The Bertz CT molecular complexity index is 1120. The highest BCUT2D eigenvalue weighted by molar-refractivity contribution is 5.91. The first-order valence-electron chi connectivity index (χ1n) is 11.3. The molecular weight excluding hydrogens is 390 g/mol. The molecule has 0 radical (unpaired) electrons. The number of ether oxygens (including phenoxy) is 4. The van der Waals surface area contributed by atoms with Crippen LogP contribution < -0.4 is 23.5 Å². The van der Waals surface area contributed by atoms with E-state index in [0.717, 1.165) is 46.6 Å². The van der Waals surface area contributed by atoms with Crippen LogP contribution in [0.1, 0.15) is 50.6 Å². The van der Waals surface area contributed by atoms with Crippen LogP contribution in [0.2, 0.25) is 0 Å². The minimum atomic E-state index is 0.299. The van der Waals surface area contributed by atoms with Gasteiger partial charge in [-0.15, -0.1) is 0 Å². The molecule has 2 aliphatic heterocycles. The van der Waals surface area contributed by atoms with Crippen molar-refractivity contribution in [3.05, 3.63) is 42.1 Å². The Morgan fingerprint density at radius 2 is 1.84 bits per heavy atom. The molecular formula is C26H30NO4+. The lowest BCUT2D eigenvalue weighted by molar-refractivity contribution is -0.714. The van der Waals surface area contributed by atoms with Crippen LogP contribution >= 0.6 is 0 Å². The number of aromatic nitrogens is 1. The molecule has 162 valence electrons. The second-order valence-corrected chi connectivity index (χ2v) is 8.44. The van der Waals surface area contributed by atoms with Gasteiger partial charge in [-0.2, -0.15) is 4.57 Å². The van der Waals surface area contributed by atoms with Gasteiger partial charge in [0, 0.05) is 18.9 Å². The smallest absolute Gasteiger partial charge is 0.231 e. The van der Waals surface area contributed by atoms with Gasteiger partial charge in [0.05, 0.1) is 25.2 Å². The Hall–Kier alpha value is -2.95. The van der Waals surface area contributed by atoms with E-state index in [9.17, 15) is 0 Å². The predicted octanol–water partition coefficient (Wildman–Crippen LogP) is 5.61. The molecule has 5 heteroatoms. The van der Waals surface area contributed by atoms with Crippen molar-refractivity contribution < 1.29 is 23.5 Å². The van der Waals surface area contributed by atoms with Gasteiger partial charge in [0.15, 0.2) is 35.2 Å². The summed E-state index contributed by atoms with van der Waals surface area (Å²) in [4.78, 5) is 0. The molecule has 0 fully saturated rings. The van der Waals surface area contributed by atoms with Crippen molar-refractivity contribution in [2.45, 2.75) is 51.5 Å². The third-order valence-electron chi connectivity index (χ3n) is 6.57. The van der Waals surface area contributed by atoms with Gasteiger partial charge in [0.25, 0.3) is 0 Å². The molecule has 31 heavy (non-hydrogen) atoms. The molecule has 5 rings (SSSR count). The number of pyridine rings is 1. The van der Waals surface area contributed by atoms with Crippen molar-refractivity contribution in [2.75, 3.05) is 21.0 Å². The zero-order valence-corrected chi connectivity index (χ0v) is 18.6. The van der Waals surface area contributed by atoms with Gasteiger partial charge in [0.2, 0.25) is 12.5 Å². The van der Waals surface area contributed by atoms with Crippen LogP contribution in [0.25, 0.3) is 22.0 Å². The SMILES string of the molecule is CCCCCCC1Cc2cc3c(cc2-c2cc4ccc(OC)c(OC)c4c[n+]21)OCO3. The van der Waals surface area contributed by atoms with Crippen molar-refractivity contribution >= 4 is 10.8 Å². The maximum absolute atomic E-state index is 5.74. The van der Waals surface area contributed by atoms with Gasteiger partial charge in [0.1, 0.15) is 0 Å². The summed E-state index contributed by atoms with van der Waals surface area (Å²) in [5.74, 6) is 3.24. The molecule has 2 aromatic carbocycles. The minimum Gasteiger partial charge on any atom is -0.493 e. The lowest BCUT2D eigenvalue weighted by Gasteiger charge is -2.24. The highest BCUT2D eigenvalue weighted by Crippen LogP contribution is 2.43. The summed E-state index contributed by atoms with van der Waals surface area (Å²) in [5, 5.41) is 2.22. The lowest BCUT2D eigenvalue weighted by Crippen LogP contribution is -2.45. The predicted molar refractivity (Wildman–Crippen MR) is 120 cm³/mol. The maximum atomic E-state index is 5.74.